The Bertz CT molecular complexity index is 658. The van der Waals surface area contributed by atoms with Crippen LogP contribution in [0.2, 0.25) is 0 Å². The number of hydrogen-bond acceptors (Lipinski definition) is 5. The summed E-state index contributed by atoms with van der Waals surface area (Å²) in [6.07, 6.45) is 4.60. The highest BCUT2D eigenvalue weighted by Gasteiger charge is 2.28. The van der Waals surface area contributed by atoms with Crippen LogP contribution in [0, 0.1) is 0 Å². The van der Waals surface area contributed by atoms with Crippen LogP contribution in [0.15, 0.2) is 35.0 Å². The number of rotatable bonds is 6. The van der Waals surface area contributed by atoms with E-state index < -0.39 is 12.1 Å². The van der Waals surface area contributed by atoms with Gasteiger partial charge in [0.25, 0.3) is 5.91 Å². The van der Waals surface area contributed by atoms with Crippen molar-refractivity contribution in [1.29, 1.82) is 0 Å². The third kappa shape index (κ3) is 3.55. The number of nitrogens with one attached hydrogen (secondary N) is 1. The first-order valence-electron chi connectivity index (χ1n) is 7.19. The molecule has 1 N–H and O–H groups in total. The van der Waals surface area contributed by atoms with Crippen molar-refractivity contribution in [2.45, 2.75) is 38.5 Å². The lowest BCUT2D eigenvalue weighted by atomic mass is 10.3. The summed E-state index contributed by atoms with van der Waals surface area (Å²) in [4.78, 5) is 23.7. The van der Waals surface area contributed by atoms with Crippen LogP contribution in [0.4, 0.5) is 0 Å². The topological polar surface area (TPSA) is 86.4 Å². The van der Waals surface area contributed by atoms with E-state index in [1.54, 1.807) is 36.1 Å². The minimum Gasteiger partial charge on any atom is -0.452 e. The minimum atomic E-state index is -0.840. The molecular formula is C15H17N3O4. The molecule has 1 amide bonds. The van der Waals surface area contributed by atoms with Crippen molar-refractivity contribution in [3.05, 3.63) is 42.1 Å². The Morgan fingerprint density at radius 2 is 2.32 bits per heavy atom. The van der Waals surface area contributed by atoms with Gasteiger partial charge in [0.1, 0.15) is 5.76 Å². The summed E-state index contributed by atoms with van der Waals surface area (Å²) >= 11 is 0. The maximum Gasteiger partial charge on any atom is 0.375 e. The van der Waals surface area contributed by atoms with Gasteiger partial charge in [0.2, 0.25) is 5.76 Å². The van der Waals surface area contributed by atoms with Crippen LogP contribution < -0.4 is 5.32 Å². The van der Waals surface area contributed by atoms with Crippen molar-refractivity contribution in [3.8, 4) is 0 Å². The van der Waals surface area contributed by atoms with Crippen LogP contribution in [-0.2, 0) is 16.1 Å². The number of carbonyl (C=O) groups excluding carboxylic acids is 2. The molecule has 0 saturated heterocycles. The molecule has 1 saturated carbocycles. The Balaban J connectivity index is 1.55. The van der Waals surface area contributed by atoms with Gasteiger partial charge in [-0.25, -0.2) is 4.79 Å². The van der Waals surface area contributed by atoms with Gasteiger partial charge in [0, 0.05) is 18.4 Å². The highest BCUT2D eigenvalue weighted by Crippen LogP contribution is 2.19. The Morgan fingerprint density at radius 3 is 3.00 bits per heavy atom. The van der Waals surface area contributed by atoms with E-state index >= 15 is 0 Å². The lowest BCUT2D eigenvalue weighted by Gasteiger charge is -2.12. The van der Waals surface area contributed by atoms with Gasteiger partial charge in [0.05, 0.1) is 6.54 Å². The van der Waals surface area contributed by atoms with E-state index in [2.05, 4.69) is 10.4 Å². The zero-order chi connectivity index (χ0) is 15.5. The average molecular weight is 303 g/mol. The zero-order valence-corrected chi connectivity index (χ0v) is 12.2. The first-order chi connectivity index (χ1) is 10.6. The van der Waals surface area contributed by atoms with Crippen molar-refractivity contribution >= 4 is 11.9 Å². The Labute approximate surface area is 127 Å². The molecule has 3 rings (SSSR count). The highest BCUT2D eigenvalue weighted by atomic mass is 16.6. The van der Waals surface area contributed by atoms with Gasteiger partial charge in [-0.3, -0.25) is 9.48 Å². The zero-order valence-electron chi connectivity index (χ0n) is 12.2. The lowest BCUT2D eigenvalue weighted by molar-refractivity contribution is -0.129. The molecule has 1 atom stereocenters. The lowest BCUT2D eigenvalue weighted by Crippen LogP contribution is -2.37. The van der Waals surface area contributed by atoms with Gasteiger partial charge >= 0.3 is 5.97 Å². The van der Waals surface area contributed by atoms with E-state index in [1.165, 1.54) is 6.07 Å². The summed E-state index contributed by atoms with van der Waals surface area (Å²) in [5, 5.41) is 6.85. The maximum atomic E-state index is 12.0. The van der Waals surface area contributed by atoms with Crippen molar-refractivity contribution in [2.24, 2.45) is 0 Å². The second kappa shape index (κ2) is 6.05. The summed E-state index contributed by atoms with van der Waals surface area (Å²) in [7, 11) is 0. The molecule has 2 aromatic rings. The molecule has 0 aromatic carbocycles. The standard InChI is InChI=1S/C15H17N3O4/c1-10(14(19)17-11-3-4-11)21-15(20)13-6-5-12(22-13)9-18-8-2-7-16-18/h2,5-8,10-11H,3-4,9H2,1H3,(H,17,19). The van der Waals surface area contributed by atoms with E-state index in [9.17, 15) is 9.59 Å². The van der Waals surface area contributed by atoms with Gasteiger partial charge in [0.15, 0.2) is 6.10 Å². The first kappa shape index (κ1) is 14.4. The molecule has 7 heteroatoms. The number of nitrogens with zero attached hydrogens (tertiary/aromatic N) is 2. The summed E-state index contributed by atoms with van der Waals surface area (Å²) in [6, 6.07) is 5.26. The third-order valence-corrected chi connectivity index (χ3v) is 3.32. The van der Waals surface area contributed by atoms with E-state index in [1.807, 2.05) is 0 Å². The van der Waals surface area contributed by atoms with Crippen molar-refractivity contribution in [3.63, 3.8) is 0 Å². The number of furan rings is 1. The van der Waals surface area contributed by atoms with Crippen LogP contribution in [0.25, 0.3) is 0 Å². The first-order valence-corrected chi connectivity index (χ1v) is 7.19. The van der Waals surface area contributed by atoms with Crippen LogP contribution in [-0.4, -0.2) is 33.8 Å². The number of ether oxygens (including phenoxy) is 1. The van der Waals surface area contributed by atoms with Crippen molar-refractivity contribution in [1.82, 2.24) is 15.1 Å². The van der Waals surface area contributed by atoms with E-state index in [-0.39, 0.29) is 17.7 Å². The molecule has 2 heterocycles. The second-order valence-corrected chi connectivity index (χ2v) is 5.30. The van der Waals surface area contributed by atoms with Crippen LogP contribution in [0.3, 0.4) is 0 Å². The van der Waals surface area contributed by atoms with Crippen molar-refractivity contribution in [2.75, 3.05) is 0 Å². The fraction of sp³-hybridized carbons (Fsp3) is 0.400. The quantitative estimate of drug-likeness (QED) is 0.814. The summed E-state index contributed by atoms with van der Waals surface area (Å²) in [5.74, 6) is -0.261. The SMILES string of the molecule is CC(OC(=O)c1ccc(Cn2cccn2)o1)C(=O)NC1CC1. The van der Waals surface area contributed by atoms with E-state index in [0.29, 0.717) is 12.3 Å². The molecule has 7 nitrogen and oxygen atoms in total. The number of carbonyl (C=O) groups is 2. The van der Waals surface area contributed by atoms with Gasteiger partial charge < -0.3 is 14.5 Å². The molecule has 22 heavy (non-hydrogen) atoms. The molecule has 0 radical (unpaired) electrons. The average Bonchev–Trinajstić information content (AvgIpc) is 2.98. The summed E-state index contributed by atoms with van der Waals surface area (Å²) in [5.41, 5.74) is 0. The molecule has 1 aliphatic carbocycles. The molecule has 116 valence electrons. The number of amides is 1. The Morgan fingerprint density at radius 1 is 1.50 bits per heavy atom. The minimum absolute atomic E-state index is 0.0771. The number of hydrogen-bond donors (Lipinski definition) is 1. The fourth-order valence-electron chi connectivity index (χ4n) is 1.94. The maximum absolute atomic E-state index is 12.0. The van der Waals surface area contributed by atoms with E-state index in [0.717, 1.165) is 12.8 Å². The molecule has 1 fully saturated rings. The summed E-state index contributed by atoms with van der Waals surface area (Å²) in [6.45, 7) is 1.97. The number of aromatic nitrogens is 2. The normalized spacial score (nSPS) is 15.3. The monoisotopic (exact) mass is 303 g/mol. The molecule has 0 bridgehead atoms. The molecular weight excluding hydrogens is 286 g/mol. The Kier molecular flexibility index (Phi) is 3.95. The second-order valence-electron chi connectivity index (χ2n) is 5.30. The smallest absolute Gasteiger partial charge is 0.375 e. The van der Waals surface area contributed by atoms with Crippen LogP contribution in [0.1, 0.15) is 36.1 Å². The molecule has 0 spiro atoms. The Hall–Kier alpha value is -2.57. The van der Waals surface area contributed by atoms with E-state index in [4.69, 9.17) is 9.15 Å². The predicted molar refractivity (Wildman–Crippen MR) is 76.1 cm³/mol. The third-order valence-electron chi connectivity index (χ3n) is 3.32. The predicted octanol–water partition coefficient (Wildman–Crippen LogP) is 1.35. The summed E-state index contributed by atoms with van der Waals surface area (Å²) < 4.78 is 12.2. The fourth-order valence-corrected chi connectivity index (χ4v) is 1.94. The molecule has 0 aliphatic heterocycles. The highest BCUT2D eigenvalue weighted by molar-refractivity contribution is 5.90. The molecule has 1 unspecified atom stereocenters. The van der Waals surface area contributed by atoms with Crippen LogP contribution >= 0.6 is 0 Å². The van der Waals surface area contributed by atoms with Gasteiger partial charge in [-0.15, -0.1) is 0 Å². The molecule has 1 aliphatic rings. The van der Waals surface area contributed by atoms with Crippen molar-refractivity contribution < 1.29 is 18.7 Å². The van der Waals surface area contributed by atoms with Gasteiger partial charge in [-0.1, -0.05) is 0 Å². The number of esters is 1. The largest absolute Gasteiger partial charge is 0.452 e. The van der Waals surface area contributed by atoms with Crippen LogP contribution in [0.5, 0.6) is 0 Å². The van der Waals surface area contributed by atoms with Gasteiger partial charge in [-0.2, -0.15) is 5.10 Å². The van der Waals surface area contributed by atoms with Gasteiger partial charge in [-0.05, 0) is 38.0 Å². The molecule has 2 aromatic heterocycles.